The summed E-state index contributed by atoms with van der Waals surface area (Å²) in [6.07, 6.45) is 0.930. The summed E-state index contributed by atoms with van der Waals surface area (Å²) in [5, 5.41) is 10.1. The third-order valence-electron chi connectivity index (χ3n) is 3.33. The summed E-state index contributed by atoms with van der Waals surface area (Å²) in [7, 11) is 0. The van der Waals surface area contributed by atoms with E-state index in [4.69, 9.17) is 0 Å². The highest BCUT2D eigenvalue weighted by atomic mass is 16.3. The van der Waals surface area contributed by atoms with Gasteiger partial charge in [-0.05, 0) is 43.2 Å². The van der Waals surface area contributed by atoms with E-state index in [-0.39, 0.29) is 6.10 Å². The summed E-state index contributed by atoms with van der Waals surface area (Å²) in [5.74, 6) is 1.19. The number of hydrogen-bond acceptors (Lipinski definition) is 1. The molecule has 1 N–H and O–H groups in total. The molecule has 1 aliphatic rings. The van der Waals surface area contributed by atoms with Crippen molar-refractivity contribution in [2.75, 3.05) is 0 Å². The summed E-state index contributed by atoms with van der Waals surface area (Å²) in [6.45, 7) is 6.36. The van der Waals surface area contributed by atoms with Crippen LogP contribution in [-0.4, -0.2) is 5.11 Å². The van der Waals surface area contributed by atoms with Gasteiger partial charge in [0.25, 0.3) is 0 Å². The van der Waals surface area contributed by atoms with E-state index in [0.29, 0.717) is 11.8 Å². The molecule has 14 heavy (non-hydrogen) atoms. The molecule has 1 saturated carbocycles. The highest BCUT2D eigenvalue weighted by Crippen LogP contribution is 2.47. The number of aliphatic hydroxyl groups excluding tert-OH is 1. The summed E-state index contributed by atoms with van der Waals surface area (Å²) in [6, 6.07) is 6.31. The van der Waals surface area contributed by atoms with Crippen LogP contribution in [0, 0.1) is 25.7 Å². The number of hydrogen-bond donors (Lipinski definition) is 1. The molecule has 3 atom stereocenters. The Bertz CT molecular complexity index is 343. The Morgan fingerprint density at radius 1 is 1.36 bits per heavy atom. The molecule has 1 aromatic rings. The number of aryl methyl sites for hydroxylation is 2. The zero-order valence-electron chi connectivity index (χ0n) is 9.12. The lowest BCUT2D eigenvalue weighted by Gasteiger charge is -2.14. The standard InChI is InChI=1S/C13H18O/c1-8-4-5-9(2)11(6-8)13(14)12-7-10(12)3/h4-6,10,12-14H,7H2,1-3H3. The molecule has 0 aromatic heterocycles. The van der Waals surface area contributed by atoms with Crippen molar-refractivity contribution in [1.29, 1.82) is 0 Å². The first-order chi connectivity index (χ1) is 6.59. The zero-order valence-corrected chi connectivity index (χ0v) is 9.12. The lowest BCUT2D eigenvalue weighted by molar-refractivity contribution is 0.147. The van der Waals surface area contributed by atoms with E-state index in [1.165, 1.54) is 17.5 Å². The van der Waals surface area contributed by atoms with Crippen LogP contribution in [0.3, 0.4) is 0 Å². The predicted molar refractivity (Wildman–Crippen MR) is 58.1 cm³/mol. The molecule has 0 heterocycles. The van der Waals surface area contributed by atoms with Crippen molar-refractivity contribution in [2.45, 2.75) is 33.3 Å². The van der Waals surface area contributed by atoms with Crippen molar-refractivity contribution in [3.05, 3.63) is 34.9 Å². The second kappa shape index (κ2) is 3.39. The monoisotopic (exact) mass is 190 g/mol. The first-order valence-electron chi connectivity index (χ1n) is 5.35. The van der Waals surface area contributed by atoms with Crippen LogP contribution in [0.25, 0.3) is 0 Å². The lowest BCUT2D eigenvalue weighted by Crippen LogP contribution is -2.03. The Morgan fingerprint density at radius 3 is 2.57 bits per heavy atom. The van der Waals surface area contributed by atoms with Gasteiger partial charge in [-0.25, -0.2) is 0 Å². The second-order valence-electron chi connectivity index (χ2n) is 4.68. The van der Waals surface area contributed by atoms with E-state index in [0.717, 1.165) is 5.56 Å². The molecule has 2 rings (SSSR count). The molecule has 0 saturated heterocycles. The maximum Gasteiger partial charge on any atom is 0.0823 e. The summed E-state index contributed by atoms with van der Waals surface area (Å²) in [5.41, 5.74) is 3.57. The van der Waals surface area contributed by atoms with Gasteiger partial charge in [-0.15, -0.1) is 0 Å². The van der Waals surface area contributed by atoms with Crippen molar-refractivity contribution in [2.24, 2.45) is 11.8 Å². The minimum absolute atomic E-state index is 0.245. The van der Waals surface area contributed by atoms with Crippen LogP contribution in [0.4, 0.5) is 0 Å². The van der Waals surface area contributed by atoms with E-state index >= 15 is 0 Å². The number of benzene rings is 1. The molecule has 0 amide bonds. The van der Waals surface area contributed by atoms with Gasteiger partial charge in [0.2, 0.25) is 0 Å². The normalized spacial score (nSPS) is 27.4. The van der Waals surface area contributed by atoms with Crippen molar-refractivity contribution in [3.63, 3.8) is 0 Å². The minimum Gasteiger partial charge on any atom is -0.388 e. The first-order valence-corrected chi connectivity index (χ1v) is 5.35. The van der Waals surface area contributed by atoms with Gasteiger partial charge >= 0.3 is 0 Å². The molecule has 1 aromatic carbocycles. The Kier molecular flexibility index (Phi) is 2.36. The van der Waals surface area contributed by atoms with Gasteiger partial charge < -0.3 is 5.11 Å². The highest BCUT2D eigenvalue weighted by Gasteiger charge is 2.39. The van der Waals surface area contributed by atoms with E-state index in [1.54, 1.807) is 0 Å². The maximum absolute atomic E-state index is 10.1. The Balaban J connectivity index is 2.26. The Labute approximate surface area is 85.8 Å². The van der Waals surface area contributed by atoms with Crippen LogP contribution in [0.1, 0.15) is 36.1 Å². The SMILES string of the molecule is Cc1ccc(C)c(C(O)C2CC2C)c1. The van der Waals surface area contributed by atoms with Crippen molar-refractivity contribution >= 4 is 0 Å². The molecule has 0 bridgehead atoms. The number of aliphatic hydroxyl groups is 1. The van der Waals surface area contributed by atoms with E-state index in [2.05, 4.69) is 39.0 Å². The fraction of sp³-hybridized carbons (Fsp3) is 0.538. The minimum atomic E-state index is -0.245. The van der Waals surface area contributed by atoms with Crippen LogP contribution < -0.4 is 0 Å². The van der Waals surface area contributed by atoms with Crippen LogP contribution in [0.2, 0.25) is 0 Å². The molecule has 1 nitrogen and oxygen atoms in total. The van der Waals surface area contributed by atoms with Gasteiger partial charge in [-0.2, -0.15) is 0 Å². The van der Waals surface area contributed by atoms with Gasteiger partial charge in [0.05, 0.1) is 6.10 Å². The zero-order chi connectivity index (χ0) is 10.3. The molecule has 3 unspecified atom stereocenters. The quantitative estimate of drug-likeness (QED) is 0.760. The topological polar surface area (TPSA) is 20.2 Å². The van der Waals surface area contributed by atoms with Crippen molar-refractivity contribution < 1.29 is 5.11 Å². The van der Waals surface area contributed by atoms with Gasteiger partial charge in [-0.3, -0.25) is 0 Å². The van der Waals surface area contributed by atoms with Crippen LogP contribution in [0.5, 0.6) is 0 Å². The largest absolute Gasteiger partial charge is 0.388 e. The van der Waals surface area contributed by atoms with E-state index in [9.17, 15) is 5.11 Å². The Morgan fingerprint density at radius 2 is 2.00 bits per heavy atom. The van der Waals surface area contributed by atoms with Crippen LogP contribution >= 0.6 is 0 Å². The molecule has 0 aliphatic heterocycles. The van der Waals surface area contributed by atoms with Gasteiger partial charge in [0, 0.05) is 0 Å². The van der Waals surface area contributed by atoms with Gasteiger partial charge in [-0.1, -0.05) is 30.7 Å². The average Bonchev–Trinajstić information content (AvgIpc) is 2.86. The molecule has 76 valence electrons. The van der Waals surface area contributed by atoms with Crippen LogP contribution in [0.15, 0.2) is 18.2 Å². The third-order valence-corrected chi connectivity index (χ3v) is 3.33. The van der Waals surface area contributed by atoms with Crippen molar-refractivity contribution in [1.82, 2.24) is 0 Å². The molecule has 1 heteroatoms. The molecular formula is C13H18O. The summed E-state index contributed by atoms with van der Waals surface area (Å²) in [4.78, 5) is 0. The first kappa shape index (κ1) is 9.72. The summed E-state index contributed by atoms with van der Waals surface area (Å²) < 4.78 is 0. The van der Waals surface area contributed by atoms with E-state index in [1.807, 2.05) is 0 Å². The average molecular weight is 190 g/mol. The molecular weight excluding hydrogens is 172 g/mol. The molecule has 1 aliphatic carbocycles. The highest BCUT2D eigenvalue weighted by molar-refractivity contribution is 5.33. The Hall–Kier alpha value is -0.820. The second-order valence-corrected chi connectivity index (χ2v) is 4.68. The maximum atomic E-state index is 10.1. The smallest absolute Gasteiger partial charge is 0.0823 e. The number of rotatable bonds is 2. The van der Waals surface area contributed by atoms with Gasteiger partial charge in [0.15, 0.2) is 0 Å². The fourth-order valence-corrected chi connectivity index (χ4v) is 2.10. The predicted octanol–water partition coefficient (Wildman–Crippen LogP) is 2.99. The van der Waals surface area contributed by atoms with E-state index < -0.39 is 0 Å². The molecule has 1 fully saturated rings. The third kappa shape index (κ3) is 1.69. The lowest BCUT2D eigenvalue weighted by atomic mass is 9.97. The molecule has 0 radical (unpaired) electrons. The summed E-state index contributed by atoms with van der Waals surface area (Å²) >= 11 is 0. The van der Waals surface area contributed by atoms with Gasteiger partial charge in [0.1, 0.15) is 0 Å². The van der Waals surface area contributed by atoms with Crippen LogP contribution in [-0.2, 0) is 0 Å². The molecule has 0 spiro atoms. The van der Waals surface area contributed by atoms with Crippen molar-refractivity contribution in [3.8, 4) is 0 Å². The fourth-order valence-electron chi connectivity index (χ4n) is 2.10.